The van der Waals surface area contributed by atoms with Gasteiger partial charge in [0.25, 0.3) is 6.47 Å². The Morgan fingerprint density at radius 2 is 2.06 bits per heavy atom. The van der Waals surface area contributed by atoms with Crippen molar-refractivity contribution in [3.63, 3.8) is 0 Å². The first-order chi connectivity index (χ1) is 15.2. The molecule has 4 rings (SSSR count). The molecule has 0 aliphatic carbocycles. The van der Waals surface area contributed by atoms with E-state index in [-0.39, 0.29) is 63.3 Å². The van der Waals surface area contributed by atoms with Crippen molar-refractivity contribution < 1.29 is 29.3 Å². The number of aryl methyl sites for hydroxylation is 1. The minimum Gasteiger partial charge on any atom is -0.478 e. The number of nitrogens with one attached hydrogen (secondary N) is 3. The van der Waals surface area contributed by atoms with Crippen LogP contribution in [0.15, 0.2) is 16.9 Å². The molecule has 3 aromatic heterocycles. The predicted octanol–water partition coefficient (Wildman–Crippen LogP) is 0.114. The number of guanidine groups is 1. The molecule has 32 heavy (non-hydrogen) atoms. The maximum absolute atomic E-state index is 13.1. The van der Waals surface area contributed by atoms with Gasteiger partial charge in [-0.3, -0.25) is 19.4 Å². The normalized spacial score (nSPS) is 11.2. The minimum absolute atomic E-state index is 0.0220. The molecule has 0 aliphatic rings. The number of rotatable bonds is 8. The Bertz CT molecular complexity index is 1490. The van der Waals surface area contributed by atoms with E-state index in [0.717, 1.165) is 12.1 Å². The smallest absolute Gasteiger partial charge is 0.352 e. The number of nitrogens with two attached hydrogens (primary N) is 1. The van der Waals surface area contributed by atoms with E-state index < -0.39 is 17.4 Å². The van der Waals surface area contributed by atoms with Gasteiger partial charge in [-0.15, -0.1) is 0 Å². The van der Waals surface area contributed by atoms with E-state index in [0.29, 0.717) is 18.8 Å². The van der Waals surface area contributed by atoms with Crippen molar-refractivity contribution in [1.29, 1.82) is 5.41 Å². The third-order valence-electron chi connectivity index (χ3n) is 4.99. The van der Waals surface area contributed by atoms with Gasteiger partial charge in [-0.2, -0.15) is 0 Å². The number of hydrogen-bond donors (Lipinski definition) is 6. The highest BCUT2D eigenvalue weighted by Crippen LogP contribution is 2.34. The fraction of sp³-hybridized carbons (Fsp3) is 0.158. The van der Waals surface area contributed by atoms with E-state index in [4.69, 9.17) is 15.9 Å². The number of pyridine rings is 1. The lowest BCUT2D eigenvalue weighted by Gasteiger charge is -2.11. The molecule has 0 spiro atoms. The molecule has 3 heterocycles. The highest BCUT2D eigenvalue weighted by atomic mass is 16.5. The second kappa shape index (κ2) is 7.54. The summed E-state index contributed by atoms with van der Waals surface area (Å²) in [6, 6.07) is 2.24. The molecule has 13 nitrogen and oxygen atoms in total. The molecule has 1 aromatic carbocycles. The summed E-state index contributed by atoms with van der Waals surface area (Å²) in [5, 5.41) is 29.0. The van der Waals surface area contributed by atoms with Gasteiger partial charge in [-0.25, -0.2) is 14.6 Å². The molecular formula is C19H16N6O7. The monoisotopic (exact) mass is 440 g/mol. The fourth-order valence-electron chi connectivity index (χ4n) is 3.75. The average Bonchev–Trinajstić information content (AvgIpc) is 3.33. The number of aromatic amines is 1. The van der Waals surface area contributed by atoms with Crippen LogP contribution in [-0.2, 0) is 11.2 Å². The van der Waals surface area contributed by atoms with E-state index in [2.05, 4.69) is 15.3 Å². The summed E-state index contributed by atoms with van der Waals surface area (Å²) >= 11 is 0. The number of aromatic nitrogens is 3. The first kappa shape index (κ1) is 20.6. The number of benzene rings is 1. The lowest BCUT2D eigenvalue weighted by atomic mass is 10.0. The van der Waals surface area contributed by atoms with Crippen molar-refractivity contribution in [2.24, 2.45) is 5.73 Å². The number of hydrogen-bond acceptors (Lipinski definition) is 7. The first-order valence-corrected chi connectivity index (χ1v) is 9.25. The second-order valence-corrected chi connectivity index (χ2v) is 6.90. The summed E-state index contributed by atoms with van der Waals surface area (Å²) in [6.45, 7) is 0.454. The summed E-state index contributed by atoms with van der Waals surface area (Å²) in [5.41, 5.74) is 4.12. The summed E-state index contributed by atoms with van der Waals surface area (Å²) < 4.78 is 6.35. The highest BCUT2D eigenvalue weighted by Gasteiger charge is 2.27. The molecule has 0 saturated heterocycles. The Morgan fingerprint density at radius 3 is 2.69 bits per heavy atom. The maximum atomic E-state index is 13.1. The van der Waals surface area contributed by atoms with Crippen LogP contribution in [-0.4, -0.2) is 55.5 Å². The number of carbonyl (C=O) groups is 3. The SMILES string of the molecule is N=C(N)NCCCc1nc2c(=O)c3cc(C(=O)O)[nH]c3c3c(C(=O)O)cc(OC=O)n1c23. The van der Waals surface area contributed by atoms with Crippen LogP contribution in [0.2, 0.25) is 0 Å². The van der Waals surface area contributed by atoms with E-state index >= 15 is 0 Å². The van der Waals surface area contributed by atoms with Gasteiger partial charge < -0.3 is 31.0 Å². The van der Waals surface area contributed by atoms with Crippen molar-refractivity contribution in [3.8, 4) is 5.88 Å². The van der Waals surface area contributed by atoms with Crippen LogP contribution in [0.3, 0.4) is 0 Å². The number of imidazole rings is 1. The van der Waals surface area contributed by atoms with E-state index in [1.165, 1.54) is 4.40 Å². The number of carbonyl (C=O) groups excluding carboxylic acids is 1. The Kier molecular flexibility index (Phi) is 4.85. The van der Waals surface area contributed by atoms with Crippen LogP contribution >= 0.6 is 0 Å². The fourth-order valence-corrected chi connectivity index (χ4v) is 3.75. The van der Waals surface area contributed by atoms with E-state index in [1.54, 1.807) is 0 Å². The van der Waals surface area contributed by atoms with Gasteiger partial charge in [0.1, 0.15) is 17.0 Å². The van der Waals surface area contributed by atoms with Crippen molar-refractivity contribution in [3.05, 3.63) is 39.4 Å². The molecule has 164 valence electrons. The lowest BCUT2D eigenvalue weighted by Crippen LogP contribution is -2.31. The molecule has 0 aliphatic heterocycles. The molecule has 0 atom stereocenters. The van der Waals surface area contributed by atoms with Crippen LogP contribution in [0.5, 0.6) is 5.88 Å². The number of H-pyrrole nitrogens is 1. The summed E-state index contributed by atoms with van der Waals surface area (Å²) in [6.07, 6.45) is 0.710. The first-order valence-electron chi connectivity index (χ1n) is 9.25. The van der Waals surface area contributed by atoms with Crippen LogP contribution in [0.4, 0.5) is 0 Å². The summed E-state index contributed by atoms with van der Waals surface area (Å²) in [5.74, 6) is -2.75. The largest absolute Gasteiger partial charge is 0.478 e. The number of aromatic carboxylic acids is 2. The van der Waals surface area contributed by atoms with Crippen molar-refractivity contribution >= 4 is 51.7 Å². The Balaban J connectivity index is 2.08. The molecule has 0 radical (unpaired) electrons. The van der Waals surface area contributed by atoms with Gasteiger partial charge in [0.05, 0.1) is 22.0 Å². The molecule has 13 heteroatoms. The standard InChI is InChI=1S/C19H16N6O7/c20-19(21)22-3-1-2-10-24-14-15-12(7(17(28)29)5-11(25(10)15)32-6-26)13-8(16(14)27)4-9(23-13)18(30)31/h4-6,23H,1-3H2,(H,28,29)(H,30,31)(H4,20,21,22). The van der Waals surface area contributed by atoms with Crippen LogP contribution in [0, 0.1) is 5.41 Å². The Labute approximate surface area is 177 Å². The molecule has 0 amide bonds. The highest BCUT2D eigenvalue weighted by molar-refractivity contribution is 6.20. The number of carboxylic acids is 2. The lowest BCUT2D eigenvalue weighted by molar-refractivity contribution is -0.121. The van der Waals surface area contributed by atoms with Crippen LogP contribution in [0.1, 0.15) is 33.1 Å². The van der Waals surface area contributed by atoms with Gasteiger partial charge in [0.2, 0.25) is 11.3 Å². The molecule has 0 unspecified atom stereocenters. The number of nitrogens with zero attached hydrogens (tertiary/aromatic N) is 2. The molecule has 0 bridgehead atoms. The van der Waals surface area contributed by atoms with E-state index in [9.17, 15) is 29.4 Å². The number of ether oxygens (including phenoxy) is 1. The Morgan fingerprint density at radius 1 is 1.31 bits per heavy atom. The quantitative estimate of drug-likeness (QED) is 0.0941. The topological polar surface area (TPSA) is 213 Å². The third kappa shape index (κ3) is 3.12. The average molecular weight is 440 g/mol. The van der Waals surface area contributed by atoms with Gasteiger partial charge in [0, 0.05) is 24.4 Å². The molecule has 0 saturated carbocycles. The third-order valence-corrected chi connectivity index (χ3v) is 4.99. The molecule has 4 aromatic rings. The van der Waals surface area contributed by atoms with Crippen LogP contribution in [0.25, 0.3) is 27.3 Å². The van der Waals surface area contributed by atoms with Crippen molar-refractivity contribution in [1.82, 2.24) is 19.7 Å². The molecule has 0 fully saturated rings. The van der Waals surface area contributed by atoms with Gasteiger partial charge in [-0.1, -0.05) is 0 Å². The van der Waals surface area contributed by atoms with Crippen LogP contribution < -0.4 is 21.2 Å². The zero-order chi connectivity index (χ0) is 23.2. The van der Waals surface area contributed by atoms with Crippen molar-refractivity contribution in [2.75, 3.05) is 6.54 Å². The van der Waals surface area contributed by atoms with Gasteiger partial charge in [0.15, 0.2) is 5.96 Å². The number of fused-ring (bicyclic) bond motifs is 2. The zero-order valence-corrected chi connectivity index (χ0v) is 16.3. The molecular weight excluding hydrogens is 424 g/mol. The van der Waals surface area contributed by atoms with E-state index in [1.807, 2.05) is 0 Å². The summed E-state index contributed by atoms with van der Waals surface area (Å²) in [7, 11) is 0. The van der Waals surface area contributed by atoms with Gasteiger partial charge >= 0.3 is 11.9 Å². The van der Waals surface area contributed by atoms with Gasteiger partial charge in [-0.05, 0) is 12.5 Å². The predicted molar refractivity (Wildman–Crippen MR) is 111 cm³/mol. The Hall–Kier alpha value is -4.68. The van der Waals surface area contributed by atoms with Crippen molar-refractivity contribution in [2.45, 2.75) is 12.8 Å². The summed E-state index contributed by atoms with van der Waals surface area (Å²) in [4.78, 5) is 54.6. The molecule has 7 N–H and O–H groups in total. The maximum Gasteiger partial charge on any atom is 0.352 e. The minimum atomic E-state index is -1.37. The second-order valence-electron chi connectivity index (χ2n) is 6.90. The number of carboxylic acid groups (broad SMARTS) is 2. The zero-order valence-electron chi connectivity index (χ0n) is 16.3.